The Hall–Kier alpha value is -3.51. The van der Waals surface area contributed by atoms with Gasteiger partial charge in [0.15, 0.2) is 0 Å². The third-order valence-electron chi connectivity index (χ3n) is 12.6. The second-order valence-electron chi connectivity index (χ2n) is 20.1. The predicted octanol–water partition coefficient (Wildman–Crippen LogP) is 15.3. The molecule has 0 heterocycles. The molecule has 5 rings (SSSR count). The highest BCUT2D eigenvalue weighted by Crippen LogP contribution is 2.49. The van der Waals surface area contributed by atoms with Gasteiger partial charge in [0.1, 0.15) is 5.60 Å². The molecule has 5 aromatic rings. The molecule has 0 aliphatic carbocycles. The van der Waals surface area contributed by atoms with Crippen LogP contribution < -0.4 is 15.9 Å². The summed E-state index contributed by atoms with van der Waals surface area (Å²) in [6.45, 7) is 42.4. The molecule has 0 spiro atoms. The lowest BCUT2D eigenvalue weighted by Crippen LogP contribution is -2.36. The van der Waals surface area contributed by atoms with Crippen LogP contribution >= 0.6 is 7.92 Å². The summed E-state index contributed by atoms with van der Waals surface area (Å²) in [6, 6.07) is 32.2. The van der Waals surface area contributed by atoms with Crippen LogP contribution in [0.1, 0.15) is 230 Å². The van der Waals surface area contributed by atoms with Gasteiger partial charge in [0.25, 0.3) is 0 Å². The fourth-order valence-corrected chi connectivity index (χ4v) is 13.0. The number of hydrogen-bond donors (Lipinski definition) is 1. The van der Waals surface area contributed by atoms with E-state index in [-0.39, 0.29) is 11.8 Å². The van der Waals surface area contributed by atoms with E-state index >= 15 is 0 Å². The van der Waals surface area contributed by atoms with Gasteiger partial charge in [-0.25, -0.2) is 0 Å². The molecule has 0 unspecified atom stereocenters. The van der Waals surface area contributed by atoms with Crippen molar-refractivity contribution in [1.29, 1.82) is 0 Å². The van der Waals surface area contributed by atoms with Crippen molar-refractivity contribution < 1.29 is 5.11 Å². The summed E-state index contributed by atoms with van der Waals surface area (Å²) in [5.74, 6) is 2.71. The lowest BCUT2D eigenvalue weighted by Gasteiger charge is -2.38. The maximum atomic E-state index is 13.5. The van der Waals surface area contributed by atoms with Crippen molar-refractivity contribution in [3.63, 3.8) is 0 Å². The van der Waals surface area contributed by atoms with Crippen molar-refractivity contribution in [2.45, 2.75) is 178 Å². The van der Waals surface area contributed by atoms with Crippen LogP contribution in [0.2, 0.25) is 0 Å². The van der Waals surface area contributed by atoms with Gasteiger partial charge >= 0.3 is 0 Å². The molecule has 0 bridgehead atoms. The van der Waals surface area contributed by atoms with Gasteiger partial charge in [-0.2, -0.15) is 0 Å². The first-order valence-electron chi connectivity index (χ1n) is 22.8. The Labute approximate surface area is 362 Å². The van der Waals surface area contributed by atoms with Gasteiger partial charge in [-0.1, -0.05) is 207 Å². The van der Waals surface area contributed by atoms with Crippen molar-refractivity contribution in [2.75, 3.05) is 0 Å². The van der Waals surface area contributed by atoms with E-state index in [1.54, 1.807) is 10.6 Å². The molecule has 1 N–H and O–H groups in total. The minimum absolute atomic E-state index is 0.215. The molecule has 0 saturated carbocycles. The average Bonchev–Trinajstić information content (AvgIpc) is 3.17. The highest BCUT2D eigenvalue weighted by atomic mass is 31.1. The van der Waals surface area contributed by atoms with Crippen LogP contribution in [-0.4, -0.2) is 5.11 Å². The van der Waals surface area contributed by atoms with Crippen LogP contribution in [0.15, 0.2) is 84.9 Å². The van der Waals surface area contributed by atoms with Gasteiger partial charge in [0, 0.05) is 0 Å². The zero-order valence-corrected chi connectivity index (χ0v) is 41.0. The minimum Gasteiger partial charge on any atom is -0.376 e. The first-order chi connectivity index (χ1) is 27.6. The number of aryl methyl sites for hydroxylation is 2. The summed E-state index contributed by atoms with van der Waals surface area (Å²) in [5.41, 5.74) is 15.3. The Morgan fingerprint density at radius 1 is 0.339 bits per heavy atom. The Morgan fingerprint density at radius 2 is 0.576 bits per heavy atom. The van der Waals surface area contributed by atoms with E-state index < -0.39 is 13.5 Å². The van der Waals surface area contributed by atoms with E-state index in [0.29, 0.717) is 35.5 Å². The zero-order chi connectivity index (χ0) is 43.8. The molecule has 0 aromatic heterocycles. The fraction of sp³-hybridized carbons (Fsp3) is 0.474. The highest BCUT2D eigenvalue weighted by Gasteiger charge is 2.39. The molecule has 316 valence electrons. The van der Waals surface area contributed by atoms with E-state index in [1.165, 1.54) is 60.9 Å². The van der Waals surface area contributed by atoms with Gasteiger partial charge in [0.2, 0.25) is 0 Å². The summed E-state index contributed by atoms with van der Waals surface area (Å²) in [6.07, 6.45) is 0. The number of benzene rings is 5. The third-order valence-corrected chi connectivity index (χ3v) is 15.5. The van der Waals surface area contributed by atoms with Crippen molar-refractivity contribution >= 4 is 23.8 Å². The Kier molecular flexibility index (Phi) is 14.7. The summed E-state index contributed by atoms with van der Waals surface area (Å²) >= 11 is 0. The van der Waals surface area contributed by atoms with Crippen LogP contribution in [0, 0.1) is 13.8 Å². The van der Waals surface area contributed by atoms with Crippen molar-refractivity contribution in [1.82, 2.24) is 0 Å². The largest absolute Gasteiger partial charge is 0.376 e. The Morgan fingerprint density at radius 3 is 0.797 bits per heavy atom. The average molecular weight is 809 g/mol. The van der Waals surface area contributed by atoms with Crippen LogP contribution in [0.5, 0.6) is 0 Å². The predicted molar refractivity (Wildman–Crippen MR) is 262 cm³/mol. The molecule has 2 heteroatoms. The fourth-order valence-electron chi connectivity index (χ4n) is 8.80. The van der Waals surface area contributed by atoms with Crippen molar-refractivity contribution in [3.8, 4) is 0 Å². The summed E-state index contributed by atoms with van der Waals surface area (Å²) in [4.78, 5) is 0. The van der Waals surface area contributed by atoms with E-state index in [9.17, 15) is 5.11 Å². The standard InChI is InChI=1S/C57H77OP/c1-33(2)43-27-48(35(5)6)54(49(28-43)36(7)8)59(55-50(37(9)10)29-44(34(3)4)30-51(55)38(11)12)56-52(39(13)14)31-47(32-53(56)40(15)16)57(58,45-23-19-41(17)20-24-45)46-25-21-42(18)22-26-46/h19-40,58H,1-18H3. The molecule has 0 radical (unpaired) electrons. The van der Waals surface area contributed by atoms with Gasteiger partial charge < -0.3 is 5.11 Å². The lowest BCUT2D eigenvalue weighted by atomic mass is 9.77. The molecule has 59 heavy (non-hydrogen) atoms. The molecule has 0 saturated heterocycles. The van der Waals surface area contributed by atoms with E-state index in [0.717, 1.165) is 16.7 Å². The smallest absolute Gasteiger partial charge is 0.140 e. The van der Waals surface area contributed by atoms with Crippen LogP contribution in [0.25, 0.3) is 0 Å². The summed E-state index contributed by atoms with van der Waals surface area (Å²) in [7, 11) is -1.08. The third kappa shape index (κ3) is 9.38. The molecule has 1 nitrogen and oxygen atoms in total. The summed E-state index contributed by atoms with van der Waals surface area (Å²) in [5, 5.41) is 18.1. The van der Waals surface area contributed by atoms with E-state index in [4.69, 9.17) is 0 Å². The molecular formula is C57H77OP. The SMILES string of the molecule is Cc1ccc(C(O)(c2ccc(C)cc2)c2cc(C(C)C)c(P(c3c(C(C)C)cc(C(C)C)cc3C(C)C)c3c(C(C)C)cc(C(C)C)cc3C(C)C)c(C(C)C)c2)cc1. The maximum absolute atomic E-state index is 13.5. The Bertz CT molecular complexity index is 2000. The van der Waals surface area contributed by atoms with E-state index in [2.05, 4.69) is 210 Å². The molecule has 5 aromatic carbocycles. The minimum atomic E-state index is -1.34. The van der Waals surface area contributed by atoms with Crippen molar-refractivity contribution in [3.05, 3.63) is 157 Å². The molecule has 0 atom stereocenters. The maximum Gasteiger partial charge on any atom is 0.140 e. The topological polar surface area (TPSA) is 20.2 Å². The lowest BCUT2D eigenvalue weighted by molar-refractivity contribution is 0.125. The first kappa shape index (κ1) is 46.6. The van der Waals surface area contributed by atoms with Gasteiger partial charge in [-0.15, -0.1) is 0 Å². The Balaban J connectivity index is 2.10. The quantitative estimate of drug-likeness (QED) is 0.0875. The highest BCUT2D eigenvalue weighted by molar-refractivity contribution is 7.80. The van der Waals surface area contributed by atoms with Crippen LogP contribution in [0.3, 0.4) is 0 Å². The zero-order valence-electron chi connectivity index (χ0n) is 40.1. The van der Waals surface area contributed by atoms with E-state index in [1.807, 2.05) is 0 Å². The first-order valence-corrected chi connectivity index (χ1v) is 24.1. The molecule has 0 fully saturated rings. The number of rotatable bonds is 14. The van der Waals surface area contributed by atoms with Gasteiger partial charge in [0.05, 0.1) is 0 Å². The van der Waals surface area contributed by atoms with Crippen molar-refractivity contribution in [2.24, 2.45) is 0 Å². The normalized spacial score (nSPS) is 12.7. The van der Waals surface area contributed by atoms with Crippen LogP contribution in [0.4, 0.5) is 0 Å². The molecule has 0 aliphatic rings. The van der Waals surface area contributed by atoms with Crippen LogP contribution in [-0.2, 0) is 5.60 Å². The number of aliphatic hydroxyl groups is 1. The monoisotopic (exact) mass is 809 g/mol. The second-order valence-corrected chi connectivity index (χ2v) is 22.1. The van der Waals surface area contributed by atoms with Gasteiger partial charge in [-0.05, 0) is 146 Å². The molecule has 0 amide bonds. The molecule has 0 aliphatic heterocycles. The second kappa shape index (κ2) is 18.6. The van der Waals surface area contributed by atoms with Gasteiger partial charge in [-0.3, -0.25) is 0 Å². The summed E-state index contributed by atoms with van der Waals surface area (Å²) < 4.78 is 0. The molecular weight excluding hydrogens is 732 g/mol. The number of hydrogen-bond acceptors (Lipinski definition) is 1.